The van der Waals surface area contributed by atoms with E-state index in [1.54, 1.807) is 25.1 Å². The summed E-state index contributed by atoms with van der Waals surface area (Å²) in [6, 6.07) is 6.91. The zero-order chi connectivity index (χ0) is 15.0. The fourth-order valence-electron chi connectivity index (χ4n) is 2.13. The molecule has 0 aliphatic heterocycles. The molecule has 3 rings (SSSR count). The summed E-state index contributed by atoms with van der Waals surface area (Å²) in [6.07, 6.45) is 2.14. The third kappa shape index (κ3) is 2.84. The summed E-state index contributed by atoms with van der Waals surface area (Å²) in [6.45, 7) is 1.88. The molecule has 1 saturated carbocycles. The molecule has 1 aromatic carbocycles. The second-order valence-corrected chi connectivity index (χ2v) is 7.36. The van der Waals surface area contributed by atoms with Crippen molar-refractivity contribution in [3.05, 3.63) is 41.5 Å². The average Bonchev–Trinajstić information content (AvgIpc) is 3.20. The first-order valence-electron chi connectivity index (χ1n) is 6.83. The first-order valence-corrected chi connectivity index (χ1v) is 8.27. The molecule has 21 heavy (non-hydrogen) atoms. The molecular weight excluding hydrogens is 290 g/mol. The van der Waals surface area contributed by atoms with Crippen molar-refractivity contribution in [2.75, 3.05) is 7.05 Å². The molecule has 0 radical (unpaired) electrons. The SMILES string of the molecule is Cc1ccccc1S(=O)(=O)N(C)Cc1noc(C2CC2)n1. The van der Waals surface area contributed by atoms with Gasteiger partial charge < -0.3 is 4.52 Å². The molecule has 0 saturated heterocycles. The van der Waals surface area contributed by atoms with Crippen molar-refractivity contribution < 1.29 is 12.9 Å². The standard InChI is InChI=1S/C14H17N3O3S/c1-10-5-3-4-6-12(10)21(18,19)17(2)9-13-15-14(20-16-13)11-7-8-11/h3-6,11H,7-9H2,1-2H3. The van der Waals surface area contributed by atoms with Gasteiger partial charge in [0.05, 0.1) is 11.4 Å². The fourth-order valence-corrected chi connectivity index (χ4v) is 3.47. The minimum Gasteiger partial charge on any atom is -0.339 e. The molecular formula is C14H17N3O3S. The number of hydrogen-bond acceptors (Lipinski definition) is 5. The lowest BCUT2D eigenvalue weighted by Gasteiger charge is -2.16. The van der Waals surface area contributed by atoms with Gasteiger partial charge in [-0.15, -0.1) is 0 Å². The fraction of sp³-hybridized carbons (Fsp3) is 0.429. The smallest absolute Gasteiger partial charge is 0.243 e. The molecule has 0 amide bonds. The molecule has 1 aliphatic rings. The Morgan fingerprint density at radius 2 is 2.05 bits per heavy atom. The van der Waals surface area contributed by atoms with E-state index in [9.17, 15) is 8.42 Å². The first-order chi connectivity index (χ1) is 9.98. The maximum absolute atomic E-state index is 12.6. The number of benzene rings is 1. The van der Waals surface area contributed by atoms with Gasteiger partial charge in [0.15, 0.2) is 5.82 Å². The van der Waals surface area contributed by atoms with Gasteiger partial charge >= 0.3 is 0 Å². The molecule has 0 spiro atoms. The van der Waals surface area contributed by atoms with E-state index < -0.39 is 10.0 Å². The molecule has 7 heteroatoms. The highest BCUT2D eigenvalue weighted by Crippen LogP contribution is 2.38. The summed E-state index contributed by atoms with van der Waals surface area (Å²) >= 11 is 0. The molecule has 0 N–H and O–H groups in total. The van der Waals surface area contributed by atoms with Crippen molar-refractivity contribution in [3.8, 4) is 0 Å². The van der Waals surface area contributed by atoms with Crippen LogP contribution in [0.5, 0.6) is 0 Å². The van der Waals surface area contributed by atoms with Gasteiger partial charge in [-0.3, -0.25) is 0 Å². The van der Waals surface area contributed by atoms with E-state index >= 15 is 0 Å². The zero-order valence-corrected chi connectivity index (χ0v) is 12.8. The minimum atomic E-state index is -3.55. The van der Waals surface area contributed by atoms with Crippen LogP contribution in [0.25, 0.3) is 0 Å². The summed E-state index contributed by atoms with van der Waals surface area (Å²) in [5, 5.41) is 3.85. The molecule has 1 fully saturated rings. The lowest BCUT2D eigenvalue weighted by atomic mass is 10.2. The van der Waals surface area contributed by atoms with Crippen molar-refractivity contribution in [2.45, 2.75) is 37.1 Å². The van der Waals surface area contributed by atoms with Gasteiger partial charge in [-0.25, -0.2) is 8.42 Å². The van der Waals surface area contributed by atoms with Crippen LogP contribution in [-0.2, 0) is 16.6 Å². The number of nitrogens with zero attached hydrogens (tertiary/aromatic N) is 3. The average molecular weight is 307 g/mol. The van der Waals surface area contributed by atoms with Crippen LogP contribution in [0.1, 0.15) is 36.0 Å². The molecule has 1 aromatic heterocycles. The van der Waals surface area contributed by atoms with Gasteiger partial charge in [-0.1, -0.05) is 23.4 Å². The lowest BCUT2D eigenvalue weighted by molar-refractivity contribution is 0.366. The number of hydrogen-bond donors (Lipinski definition) is 0. The van der Waals surface area contributed by atoms with E-state index in [0.717, 1.165) is 18.4 Å². The van der Waals surface area contributed by atoms with Crippen LogP contribution >= 0.6 is 0 Å². The number of aromatic nitrogens is 2. The Labute approximate surface area is 123 Å². The van der Waals surface area contributed by atoms with Crippen LogP contribution in [0.3, 0.4) is 0 Å². The van der Waals surface area contributed by atoms with E-state index in [4.69, 9.17) is 4.52 Å². The maximum Gasteiger partial charge on any atom is 0.243 e. The summed E-state index contributed by atoms with van der Waals surface area (Å²) in [5.74, 6) is 1.38. The van der Waals surface area contributed by atoms with Gasteiger partial charge in [0.25, 0.3) is 0 Å². The van der Waals surface area contributed by atoms with E-state index in [2.05, 4.69) is 10.1 Å². The molecule has 112 valence electrons. The van der Waals surface area contributed by atoms with Gasteiger partial charge in [-0.2, -0.15) is 9.29 Å². The number of aryl methyl sites for hydroxylation is 1. The Hall–Kier alpha value is -1.73. The topological polar surface area (TPSA) is 76.3 Å². The van der Waals surface area contributed by atoms with E-state index in [0.29, 0.717) is 22.5 Å². The van der Waals surface area contributed by atoms with Crippen LogP contribution in [0.4, 0.5) is 0 Å². The largest absolute Gasteiger partial charge is 0.339 e. The molecule has 2 aromatic rings. The zero-order valence-electron chi connectivity index (χ0n) is 12.0. The van der Waals surface area contributed by atoms with E-state index in [-0.39, 0.29) is 6.54 Å². The van der Waals surface area contributed by atoms with E-state index in [1.807, 2.05) is 6.07 Å². The molecule has 1 aliphatic carbocycles. The van der Waals surface area contributed by atoms with E-state index in [1.165, 1.54) is 11.4 Å². The highest BCUT2D eigenvalue weighted by atomic mass is 32.2. The number of sulfonamides is 1. The molecule has 6 nitrogen and oxygen atoms in total. The van der Waals surface area contributed by atoms with Crippen molar-refractivity contribution in [1.29, 1.82) is 0 Å². The number of rotatable bonds is 5. The van der Waals surface area contributed by atoms with Crippen LogP contribution < -0.4 is 0 Å². The third-order valence-corrected chi connectivity index (χ3v) is 5.52. The Kier molecular flexibility index (Phi) is 3.54. The highest BCUT2D eigenvalue weighted by molar-refractivity contribution is 7.89. The molecule has 0 bridgehead atoms. The second-order valence-electron chi connectivity index (χ2n) is 5.35. The van der Waals surface area contributed by atoms with Gasteiger partial charge in [0.2, 0.25) is 15.9 Å². The lowest BCUT2D eigenvalue weighted by Crippen LogP contribution is -2.27. The predicted octanol–water partition coefficient (Wildman–Crippen LogP) is 2.08. The summed E-state index contributed by atoms with van der Waals surface area (Å²) in [5.41, 5.74) is 0.719. The quantitative estimate of drug-likeness (QED) is 0.845. The summed E-state index contributed by atoms with van der Waals surface area (Å²) in [4.78, 5) is 4.56. The van der Waals surface area contributed by atoms with Crippen LogP contribution in [0, 0.1) is 6.92 Å². The predicted molar refractivity (Wildman–Crippen MR) is 76.1 cm³/mol. The molecule has 0 atom stereocenters. The highest BCUT2D eigenvalue weighted by Gasteiger charge is 2.30. The van der Waals surface area contributed by atoms with Crippen molar-refractivity contribution >= 4 is 10.0 Å². The van der Waals surface area contributed by atoms with Gasteiger partial charge in [-0.05, 0) is 31.4 Å². The third-order valence-electron chi connectivity index (χ3n) is 3.56. The van der Waals surface area contributed by atoms with Crippen molar-refractivity contribution in [1.82, 2.24) is 14.4 Å². The van der Waals surface area contributed by atoms with Gasteiger partial charge in [0, 0.05) is 13.0 Å². The molecule has 1 heterocycles. The Morgan fingerprint density at radius 1 is 1.33 bits per heavy atom. The molecule has 0 unspecified atom stereocenters. The first kappa shape index (κ1) is 14.2. The Balaban J connectivity index is 1.80. The van der Waals surface area contributed by atoms with Crippen LogP contribution in [0.2, 0.25) is 0 Å². The Bertz CT molecular complexity index is 750. The van der Waals surface area contributed by atoms with Crippen LogP contribution in [0.15, 0.2) is 33.7 Å². The maximum atomic E-state index is 12.6. The van der Waals surface area contributed by atoms with Crippen molar-refractivity contribution in [3.63, 3.8) is 0 Å². The summed E-state index contributed by atoms with van der Waals surface area (Å²) < 4.78 is 31.5. The van der Waals surface area contributed by atoms with Crippen molar-refractivity contribution in [2.24, 2.45) is 0 Å². The second kappa shape index (κ2) is 5.23. The van der Waals surface area contributed by atoms with Gasteiger partial charge in [0.1, 0.15) is 0 Å². The van der Waals surface area contributed by atoms with Crippen LogP contribution in [-0.4, -0.2) is 29.9 Å². The summed E-state index contributed by atoms with van der Waals surface area (Å²) in [7, 11) is -2.03. The minimum absolute atomic E-state index is 0.104. The normalized spacial score (nSPS) is 15.6. The monoisotopic (exact) mass is 307 g/mol. The Morgan fingerprint density at radius 3 is 2.71 bits per heavy atom.